The highest BCUT2D eigenvalue weighted by atomic mass is 15.2. The van der Waals surface area contributed by atoms with Crippen LogP contribution in [0.25, 0.3) is 0 Å². The average molecular weight is 252 g/mol. The molecule has 1 heterocycles. The first kappa shape index (κ1) is 14.3. The van der Waals surface area contributed by atoms with Crippen LogP contribution >= 0.6 is 0 Å². The number of hydrogen-bond donors (Lipinski definition) is 1. The molecule has 2 fully saturated rings. The quantitative estimate of drug-likeness (QED) is 0.818. The molecule has 0 spiro atoms. The molecule has 1 saturated carbocycles. The maximum Gasteiger partial charge on any atom is 0.0194 e. The van der Waals surface area contributed by atoms with Crippen LogP contribution in [0.15, 0.2) is 0 Å². The number of likely N-dealkylation sites (tertiary alicyclic amines) is 1. The lowest BCUT2D eigenvalue weighted by molar-refractivity contribution is 0.0298. The molecular weight excluding hydrogens is 220 g/mol. The van der Waals surface area contributed by atoms with Gasteiger partial charge in [-0.25, -0.2) is 0 Å². The Labute approximate surface area is 113 Å². The van der Waals surface area contributed by atoms with E-state index in [1.165, 1.54) is 32.2 Å². The molecule has 1 aliphatic carbocycles. The van der Waals surface area contributed by atoms with Gasteiger partial charge in [0, 0.05) is 18.6 Å². The highest BCUT2D eigenvalue weighted by Crippen LogP contribution is 2.37. The van der Waals surface area contributed by atoms with Gasteiger partial charge < -0.3 is 5.73 Å². The molecule has 18 heavy (non-hydrogen) atoms. The van der Waals surface area contributed by atoms with Crippen LogP contribution in [0.2, 0.25) is 0 Å². The van der Waals surface area contributed by atoms with Crippen molar-refractivity contribution in [1.82, 2.24) is 4.90 Å². The Morgan fingerprint density at radius 1 is 1.11 bits per heavy atom. The summed E-state index contributed by atoms with van der Waals surface area (Å²) >= 11 is 0. The van der Waals surface area contributed by atoms with Gasteiger partial charge in [-0.1, -0.05) is 34.1 Å². The largest absolute Gasteiger partial charge is 0.326 e. The van der Waals surface area contributed by atoms with Crippen molar-refractivity contribution in [3.8, 4) is 0 Å². The van der Waals surface area contributed by atoms with Gasteiger partial charge in [0.05, 0.1) is 0 Å². The molecule has 5 atom stereocenters. The summed E-state index contributed by atoms with van der Waals surface area (Å²) in [6.07, 6.45) is 5.53. The third kappa shape index (κ3) is 3.08. The fraction of sp³-hybridized carbons (Fsp3) is 1.00. The number of rotatable bonds is 2. The van der Waals surface area contributed by atoms with Crippen molar-refractivity contribution in [3.63, 3.8) is 0 Å². The molecular formula is C16H32N2. The molecule has 2 aliphatic rings. The molecule has 106 valence electrons. The molecule has 2 N–H and O–H groups in total. The summed E-state index contributed by atoms with van der Waals surface area (Å²) < 4.78 is 0. The minimum absolute atomic E-state index is 0.392. The van der Waals surface area contributed by atoms with E-state index in [1.807, 2.05) is 0 Å². The molecule has 2 rings (SSSR count). The van der Waals surface area contributed by atoms with Gasteiger partial charge in [-0.3, -0.25) is 4.90 Å². The standard InChI is InChI=1S/C16H32N2/c1-11(2)14-6-5-12(3)9-16(14)18-8-7-13(4)15(17)10-18/h11-16H,5-10,17H2,1-4H3. The molecule has 1 saturated heterocycles. The fourth-order valence-corrected chi connectivity index (χ4v) is 4.00. The Bertz CT molecular complexity index is 264. The van der Waals surface area contributed by atoms with Gasteiger partial charge in [-0.15, -0.1) is 0 Å². The van der Waals surface area contributed by atoms with Crippen LogP contribution in [0.3, 0.4) is 0 Å². The summed E-state index contributed by atoms with van der Waals surface area (Å²) in [6.45, 7) is 11.9. The highest BCUT2D eigenvalue weighted by molar-refractivity contribution is 4.91. The zero-order chi connectivity index (χ0) is 13.3. The van der Waals surface area contributed by atoms with E-state index in [1.54, 1.807) is 0 Å². The average Bonchev–Trinajstić information content (AvgIpc) is 2.32. The highest BCUT2D eigenvalue weighted by Gasteiger charge is 2.37. The lowest BCUT2D eigenvalue weighted by Gasteiger charge is -2.47. The first-order valence-electron chi connectivity index (χ1n) is 7.98. The van der Waals surface area contributed by atoms with Crippen LogP contribution < -0.4 is 5.73 Å². The molecule has 0 aromatic rings. The Morgan fingerprint density at radius 2 is 1.83 bits per heavy atom. The second-order valence-corrected chi connectivity index (χ2v) is 7.32. The van der Waals surface area contributed by atoms with Crippen LogP contribution in [0, 0.1) is 23.7 Å². The van der Waals surface area contributed by atoms with Crippen LogP contribution in [-0.2, 0) is 0 Å². The van der Waals surface area contributed by atoms with Crippen molar-refractivity contribution in [2.45, 2.75) is 65.5 Å². The molecule has 5 unspecified atom stereocenters. The summed E-state index contributed by atoms with van der Waals surface area (Å²) in [5.41, 5.74) is 6.29. The Balaban J connectivity index is 2.03. The van der Waals surface area contributed by atoms with Crippen molar-refractivity contribution in [3.05, 3.63) is 0 Å². The number of nitrogens with zero attached hydrogens (tertiary/aromatic N) is 1. The van der Waals surface area contributed by atoms with Crippen LogP contribution in [0.5, 0.6) is 0 Å². The molecule has 0 bridgehead atoms. The summed E-state index contributed by atoms with van der Waals surface area (Å²) in [5.74, 6) is 3.32. The summed E-state index contributed by atoms with van der Waals surface area (Å²) in [5, 5.41) is 0. The maximum absolute atomic E-state index is 6.29. The molecule has 2 nitrogen and oxygen atoms in total. The van der Waals surface area contributed by atoms with Gasteiger partial charge in [0.15, 0.2) is 0 Å². The Hall–Kier alpha value is -0.0800. The molecule has 0 radical (unpaired) electrons. The Morgan fingerprint density at radius 3 is 2.44 bits per heavy atom. The SMILES string of the molecule is CC1CCC(C(C)C)C(N2CCC(C)C(N)C2)C1. The van der Waals surface area contributed by atoms with Crippen molar-refractivity contribution in [2.24, 2.45) is 29.4 Å². The van der Waals surface area contributed by atoms with E-state index in [2.05, 4.69) is 32.6 Å². The van der Waals surface area contributed by atoms with E-state index in [-0.39, 0.29) is 0 Å². The normalized spacial score (nSPS) is 43.3. The second-order valence-electron chi connectivity index (χ2n) is 7.32. The van der Waals surface area contributed by atoms with E-state index < -0.39 is 0 Å². The number of nitrogens with two attached hydrogens (primary N) is 1. The van der Waals surface area contributed by atoms with Gasteiger partial charge in [0.2, 0.25) is 0 Å². The predicted octanol–water partition coefficient (Wildman–Crippen LogP) is 3.12. The maximum atomic E-state index is 6.29. The fourth-order valence-electron chi connectivity index (χ4n) is 4.00. The topological polar surface area (TPSA) is 29.3 Å². The monoisotopic (exact) mass is 252 g/mol. The van der Waals surface area contributed by atoms with E-state index in [0.29, 0.717) is 12.0 Å². The minimum atomic E-state index is 0.392. The van der Waals surface area contributed by atoms with Crippen molar-refractivity contribution in [2.75, 3.05) is 13.1 Å². The molecule has 0 aromatic carbocycles. The molecule has 1 aliphatic heterocycles. The third-order valence-corrected chi connectivity index (χ3v) is 5.50. The van der Waals surface area contributed by atoms with Gasteiger partial charge in [0.1, 0.15) is 0 Å². The lowest BCUT2D eigenvalue weighted by Crippen LogP contribution is -2.55. The van der Waals surface area contributed by atoms with Crippen molar-refractivity contribution < 1.29 is 0 Å². The van der Waals surface area contributed by atoms with E-state index in [0.717, 1.165) is 30.3 Å². The van der Waals surface area contributed by atoms with Crippen molar-refractivity contribution in [1.29, 1.82) is 0 Å². The van der Waals surface area contributed by atoms with Gasteiger partial charge >= 0.3 is 0 Å². The third-order valence-electron chi connectivity index (χ3n) is 5.50. The van der Waals surface area contributed by atoms with Gasteiger partial charge in [0.25, 0.3) is 0 Å². The number of piperidine rings is 1. The summed E-state index contributed by atoms with van der Waals surface area (Å²) in [7, 11) is 0. The summed E-state index contributed by atoms with van der Waals surface area (Å²) in [6, 6.07) is 1.19. The minimum Gasteiger partial charge on any atom is -0.326 e. The zero-order valence-corrected chi connectivity index (χ0v) is 12.7. The second kappa shape index (κ2) is 5.92. The van der Waals surface area contributed by atoms with Crippen LogP contribution in [0.1, 0.15) is 53.4 Å². The molecule has 0 amide bonds. The van der Waals surface area contributed by atoms with Gasteiger partial charge in [-0.05, 0) is 49.5 Å². The molecule has 2 heteroatoms. The Kier molecular flexibility index (Phi) is 4.71. The van der Waals surface area contributed by atoms with E-state index in [4.69, 9.17) is 5.73 Å². The lowest BCUT2D eigenvalue weighted by atomic mass is 9.72. The van der Waals surface area contributed by atoms with E-state index >= 15 is 0 Å². The first-order valence-corrected chi connectivity index (χ1v) is 7.98. The van der Waals surface area contributed by atoms with Gasteiger partial charge in [-0.2, -0.15) is 0 Å². The van der Waals surface area contributed by atoms with Crippen molar-refractivity contribution >= 4 is 0 Å². The van der Waals surface area contributed by atoms with E-state index in [9.17, 15) is 0 Å². The predicted molar refractivity (Wildman–Crippen MR) is 78.5 cm³/mol. The zero-order valence-electron chi connectivity index (χ0n) is 12.7. The summed E-state index contributed by atoms with van der Waals surface area (Å²) in [4.78, 5) is 2.73. The van der Waals surface area contributed by atoms with Crippen LogP contribution in [-0.4, -0.2) is 30.1 Å². The smallest absolute Gasteiger partial charge is 0.0194 e. The first-order chi connectivity index (χ1) is 8.49. The van der Waals surface area contributed by atoms with Crippen LogP contribution in [0.4, 0.5) is 0 Å². The number of hydrogen-bond acceptors (Lipinski definition) is 2. The molecule has 0 aromatic heterocycles.